The zero-order valence-electron chi connectivity index (χ0n) is 13.9. The van der Waals surface area contributed by atoms with Gasteiger partial charge in [-0.15, -0.1) is 0 Å². The highest BCUT2D eigenvalue weighted by molar-refractivity contribution is 7.92. The zero-order valence-corrected chi connectivity index (χ0v) is 14.7. The van der Waals surface area contributed by atoms with Crippen LogP contribution in [0.4, 0.5) is 16.2 Å². The number of fused-ring (bicyclic) bond motifs is 1. The van der Waals surface area contributed by atoms with Crippen molar-refractivity contribution in [1.82, 2.24) is 4.90 Å². The average molecular weight is 367 g/mol. The van der Waals surface area contributed by atoms with E-state index in [4.69, 9.17) is 0 Å². The Morgan fingerprint density at radius 2 is 1.88 bits per heavy atom. The molecule has 0 radical (unpaired) electrons. The van der Waals surface area contributed by atoms with E-state index >= 15 is 0 Å². The van der Waals surface area contributed by atoms with Crippen LogP contribution in [-0.2, 0) is 14.8 Å². The number of benzene rings is 1. The first kappa shape index (κ1) is 17.5. The molecule has 136 valence electrons. The number of hydrogen-bond acceptors (Lipinski definition) is 4. The van der Waals surface area contributed by atoms with Gasteiger partial charge >= 0.3 is 12.0 Å². The highest BCUT2D eigenvalue weighted by Crippen LogP contribution is 2.48. The van der Waals surface area contributed by atoms with Gasteiger partial charge in [0.2, 0.25) is 10.0 Å². The molecule has 0 unspecified atom stereocenters. The predicted molar refractivity (Wildman–Crippen MR) is 92.9 cm³/mol. The molecule has 1 saturated heterocycles. The predicted octanol–water partition coefficient (Wildman–Crippen LogP) is 1.78. The van der Waals surface area contributed by atoms with Gasteiger partial charge in [-0.3, -0.25) is 9.52 Å². The van der Waals surface area contributed by atoms with Crippen LogP contribution in [0.25, 0.3) is 0 Å². The lowest BCUT2D eigenvalue weighted by Gasteiger charge is -2.23. The summed E-state index contributed by atoms with van der Waals surface area (Å²) >= 11 is 0. The van der Waals surface area contributed by atoms with E-state index in [0.717, 1.165) is 19.1 Å². The number of carboxylic acid groups (broad SMARTS) is 1. The smallest absolute Gasteiger partial charge is 0.321 e. The van der Waals surface area contributed by atoms with Crippen LogP contribution in [0.1, 0.15) is 19.3 Å². The summed E-state index contributed by atoms with van der Waals surface area (Å²) in [5.41, 5.74) is 0.118. The van der Waals surface area contributed by atoms with Gasteiger partial charge in [-0.05, 0) is 43.0 Å². The van der Waals surface area contributed by atoms with Gasteiger partial charge in [0, 0.05) is 24.5 Å². The van der Waals surface area contributed by atoms with Gasteiger partial charge in [0.1, 0.15) is 0 Å². The molecule has 0 aromatic heterocycles. The number of aliphatic carboxylic acids is 1. The first-order chi connectivity index (χ1) is 11.7. The van der Waals surface area contributed by atoms with Crippen molar-refractivity contribution >= 4 is 33.4 Å². The maximum Gasteiger partial charge on any atom is 0.321 e. The number of nitrogens with one attached hydrogen (secondary N) is 2. The average Bonchev–Trinajstić information content (AvgIpc) is 3.05. The fourth-order valence-electron chi connectivity index (χ4n) is 3.83. The number of carboxylic acids is 1. The van der Waals surface area contributed by atoms with E-state index in [1.165, 1.54) is 0 Å². The molecule has 1 saturated carbocycles. The Hall–Kier alpha value is -2.29. The molecule has 2 aliphatic rings. The number of rotatable bonds is 4. The molecule has 3 N–H and O–H groups in total. The number of nitrogens with zero attached hydrogens (tertiary/aromatic N) is 1. The molecule has 1 aliphatic carbocycles. The number of sulfonamides is 1. The summed E-state index contributed by atoms with van der Waals surface area (Å²) in [4.78, 5) is 25.7. The molecule has 25 heavy (non-hydrogen) atoms. The molecule has 2 fully saturated rings. The van der Waals surface area contributed by atoms with Crippen molar-refractivity contribution in [1.29, 1.82) is 0 Å². The fourth-order valence-corrected chi connectivity index (χ4v) is 4.40. The molecule has 1 aliphatic heterocycles. The van der Waals surface area contributed by atoms with Crippen LogP contribution in [0.2, 0.25) is 0 Å². The summed E-state index contributed by atoms with van der Waals surface area (Å²) in [5.74, 6) is -0.807. The number of urea groups is 1. The fraction of sp³-hybridized carbons (Fsp3) is 0.500. The van der Waals surface area contributed by atoms with Gasteiger partial charge in [-0.2, -0.15) is 0 Å². The Kier molecular flexibility index (Phi) is 4.36. The van der Waals surface area contributed by atoms with Gasteiger partial charge in [-0.25, -0.2) is 13.2 Å². The van der Waals surface area contributed by atoms with Crippen LogP contribution in [0.15, 0.2) is 24.3 Å². The Morgan fingerprint density at radius 1 is 1.24 bits per heavy atom. The van der Waals surface area contributed by atoms with Crippen molar-refractivity contribution in [3.63, 3.8) is 0 Å². The normalized spacial score (nSPS) is 25.5. The van der Waals surface area contributed by atoms with E-state index < -0.39 is 21.4 Å². The molecule has 0 spiro atoms. The van der Waals surface area contributed by atoms with E-state index in [1.807, 2.05) is 0 Å². The first-order valence-corrected chi connectivity index (χ1v) is 9.96. The van der Waals surface area contributed by atoms with E-state index in [0.29, 0.717) is 24.3 Å². The van der Waals surface area contributed by atoms with Crippen molar-refractivity contribution in [2.75, 3.05) is 29.4 Å². The molecule has 2 amide bonds. The second kappa shape index (κ2) is 6.21. The van der Waals surface area contributed by atoms with Crippen molar-refractivity contribution in [2.45, 2.75) is 19.3 Å². The number of carbonyl (C=O) groups is 2. The summed E-state index contributed by atoms with van der Waals surface area (Å²) in [5, 5.41) is 12.3. The van der Waals surface area contributed by atoms with Gasteiger partial charge in [-0.1, -0.05) is 6.42 Å². The molecule has 0 bridgehead atoms. The molecule has 8 nitrogen and oxygen atoms in total. The molecule has 9 heteroatoms. The zero-order chi connectivity index (χ0) is 18.2. The van der Waals surface area contributed by atoms with E-state index in [1.54, 1.807) is 29.2 Å². The van der Waals surface area contributed by atoms with Gasteiger partial charge < -0.3 is 15.3 Å². The maximum absolute atomic E-state index is 12.4. The largest absolute Gasteiger partial charge is 0.481 e. The molecule has 1 heterocycles. The summed E-state index contributed by atoms with van der Waals surface area (Å²) in [6.07, 6.45) is 3.40. The molecule has 1 aromatic carbocycles. The summed E-state index contributed by atoms with van der Waals surface area (Å²) in [6.45, 7) is 0.679. The third-order valence-corrected chi connectivity index (χ3v) is 5.63. The third kappa shape index (κ3) is 3.55. The Balaban J connectivity index is 1.64. The number of likely N-dealkylation sites (tertiary alicyclic amines) is 1. The van der Waals surface area contributed by atoms with Crippen molar-refractivity contribution in [3.05, 3.63) is 24.3 Å². The molecule has 2 atom stereocenters. The van der Waals surface area contributed by atoms with E-state index in [2.05, 4.69) is 10.0 Å². The maximum atomic E-state index is 12.4. The standard InChI is InChI=1S/C16H21N3O5S/c1-25(23,24)18-13-6-4-12(5-7-13)17-15(22)19-9-11-3-2-8-16(11,10-19)14(20)21/h4-7,11,18H,2-3,8-10H2,1H3,(H,17,22)(H,20,21)/t11-,16+/m0/s1. The third-order valence-electron chi connectivity index (χ3n) is 5.02. The number of hydrogen-bond donors (Lipinski definition) is 3. The molecular formula is C16H21N3O5S. The van der Waals surface area contributed by atoms with Crippen LogP contribution >= 0.6 is 0 Å². The van der Waals surface area contributed by atoms with Gasteiger partial charge in [0.15, 0.2) is 0 Å². The lowest BCUT2D eigenvalue weighted by Crippen LogP contribution is -2.38. The second-order valence-electron chi connectivity index (χ2n) is 6.81. The van der Waals surface area contributed by atoms with Crippen LogP contribution in [0.3, 0.4) is 0 Å². The van der Waals surface area contributed by atoms with E-state index in [-0.39, 0.29) is 18.5 Å². The second-order valence-corrected chi connectivity index (χ2v) is 8.56. The van der Waals surface area contributed by atoms with Gasteiger partial charge in [0.25, 0.3) is 0 Å². The molecular weight excluding hydrogens is 346 g/mol. The number of anilines is 2. The van der Waals surface area contributed by atoms with E-state index in [9.17, 15) is 23.1 Å². The van der Waals surface area contributed by atoms with Crippen LogP contribution < -0.4 is 10.0 Å². The lowest BCUT2D eigenvalue weighted by molar-refractivity contribution is -0.149. The highest BCUT2D eigenvalue weighted by Gasteiger charge is 2.55. The summed E-state index contributed by atoms with van der Waals surface area (Å²) < 4.78 is 24.7. The van der Waals surface area contributed by atoms with Crippen LogP contribution in [0.5, 0.6) is 0 Å². The minimum Gasteiger partial charge on any atom is -0.481 e. The van der Waals surface area contributed by atoms with Gasteiger partial charge in [0.05, 0.1) is 11.7 Å². The quantitative estimate of drug-likeness (QED) is 0.750. The first-order valence-electron chi connectivity index (χ1n) is 8.07. The Labute approximate surface area is 146 Å². The summed E-state index contributed by atoms with van der Waals surface area (Å²) in [7, 11) is -3.35. The monoisotopic (exact) mass is 367 g/mol. The Bertz CT molecular complexity index is 792. The Morgan fingerprint density at radius 3 is 2.44 bits per heavy atom. The summed E-state index contributed by atoms with van der Waals surface area (Å²) in [6, 6.07) is 5.95. The highest BCUT2D eigenvalue weighted by atomic mass is 32.2. The van der Waals surface area contributed by atoms with Crippen LogP contribution in [0, 0.1) is 11.3 Å². The molecule has 3 rings (SSSR count). The van der Waals surface area contributed by atoms with Crippen molar-refractivity contribution in [2.24, 2.45) is 11.3 Å². The van der Waals surface area contributed by atoms with Crippen LogP contribution in [-0.4, -0.2) is 49.8 Å². The lowest BCUT2D eigenvalue weighted by atomic mass is 9.81. The molecule has 1 aromatic rings. The van der Waals surface area contributed by atoms with Crippen molar-refractivity contribution in [3.8, 4) is 0 Å². The SMILES string of the molecule is CS(=O)(=O)Nc1ccc(NC(=O)N2C[C@@H]3CCC[C@@]3(C(=O)O)C2)cc1. The minimum atomic E-state index is -3.35. The number of amides is 2. The topological polar surface area (TPSA) is 116 Å². The number of carbonyl (C=O) groups excluding carboxylic acids is 1. The van der Waals surface area contributed by atoms with Crippen molar-refractivity contribution < 1.29 is 23.1 Å². The minimum absolute atomic E-state index is 0.0112.